The van der Waals surface area contributed by atoms with Crippen LogP contribution in [0, 0.1) is 12.8 Å². The first-order valence-corrected chi connectivity index (χ1v) is 12.0. The Morgan fingerprint density at radius 1 is 1.18 bits per heavy atom. The third-order valence-corrected chi connectivity index (χ3v) is 9.29. The Balaban J connectivity index is 1.49. The van der Waals surface area contributed by atoms with Crippen molar-refractivity contribution in [3.63, 3.8) is 0 Å². The van der Waals surface area contributed by atoms with Crippen molar-refractivity contribution in [1.29, 1.82) is 0 Å². The lowest BCUT2D eigenvalue weighted by molar-refractivity contribution is -0.137. The number of benzene rings is 1. The van der Waals surface area contributed by atoms with E-state index in [4.69, 9.17) is 0 Å². The fourth-order valence-electron chi connectivity index (χ4n) is 4.42. The van der Waals surface area contributed by atoms with Crippen molar-refractivity contribution in [2.24, 2.45) is 5.92 Å². The van der Waals surface area contributed by atoms with E-state index in [0.29, 0.717) is 10.8 Å². The van der Waals surface area contributed by atoms with Crippen LogP contribution >= 0.6 is 11.3 Å². The average molecular weight is 419 g/mol. The van der Waals surface area contributed by atoms with Crippen LogP contribution in [0.4, 0.5) is 0 Å². The number of rotatable bonds is 4. The van der Waals surface area contributed by atoms with Gasteiger partial charge in [0.15, 0.2) is 0 Å². The van der Waals surface area contributed by atoms with Gasteiger partial charge in [0.05, 0.1) is 12.0 Å². The molecule has 7 heteroatoms. The zero-order valence-electron chi connectivity index (χ0n) is 16.3. The SMILES string of the molecule is Cc1ccc(S(=O)(=O)N2CCCC(C(=O)N(C)C3CCc4ccccc43)C2)s1. The number of fused-ring (bicyclic) bond motifs is 1. The minimum absolute atomic E-state index is 0.0592. The highest BCUT2D eigenvalue weighted by atomic mass is 32.2. The average Bonchev–Trinajstić information content (AvgIpc) is 3.33. The molecule has 1 saturated heterocycles. The zero-order valence-corrected chi connectivity index (χ0v) is 17.9. The van der Waals surface area contributed by atoms with E-state index in [1.54, 1.807) is 6.07 Å². The number of nitrogens with zero attached hydrogens (tertiary/aromatic N) is 2. The van der Waals surface area contributed by atoms with E-state index in [0.717, 1.165) is 30.6 Å². The van der Waals surface area contributed by atoms with Crippen LogP contribution in [0.15, 0.2) is 40.6 Å². The Morgan fingerprint density at radius 2 is 1.96 bits per heavy atom. The normalized spacial score (nSPS) is 22.8. The third-order valence-electron chi connectivity index (χ3n) is 5.96. The number of amides is 1. The molecule has 1 aliphatic carbocycles. The summed E-state index contributed by atoms with van der Waals surface area (Å²) in [4.78, 5) is 16.0. The van der Waals surface area contributed by atoms with E-state index in [2.05, 4.69) is 12.1 Å². The highest BCUT2D eigenvalue weighted by Gasteiger charge is 2.37. The van der Waals surface area contributed by atoms with Crippen LogP contribution in [-0.2, 0) is 21.2 Å². The first-order valence-electron chi connectivity index (χ1n) is 9.79. The van der Waals surface area contributed by atoms with E-state index in [9.17, 15) is 13.2 Å². The summed E-state index contributed by atoms with van der Waals surface area (Å²) in [5, 5.41) is 0. The van der Waals surface area contributed by atoms with Gasteiger partial charge >= 0.3 is 0 Å². The third kappa shape index (κ3) is 3.51. The van der Waals surface area contributed by atoms with Crippen LogP contribution in [-0.4, -0.2) is 43.7 Å². The molecule has 0 N–H and O–H groups in total. The first-order chi connectivity index (χ1) is 13.4. The molecule has 1 aromatic heterocycles. The quantitative estimate of drug-likeness (QED) is 0.762. The molecule has 1 fully saturated rings. The van der Waals surface area contributed by atoms with Crippen LogP contribution in [0.5, 0.6) is 0 Å². The van der Waals surface area contributed by atoms with Crippen molar-refractivity contribution in [2.45, 2.75) is 42.9 Å². The lowest BCUT2D eigenvalue weighted by Gasteiger charge is -2.35. The molecule has 0 saturated carbocycles. The number of hydrogen-bond donors (Lipinski definition) is 0. The molecule has 150 valence electrons. The number of aryl methyl sites for hydroxylation is 2. The van der Waals surface area contributed by atoms with Gasteiger partial charge in [-0.2, -0.15) is 4.31 Å². The minimum Gasteiger partial charge on any atom is -0.338 e. The second kappa shape index (κ2) is 7.61. The summed E-state index contributed by atoms with van der Waals surface area (Å²) in [5.74, 6) is -0.216. The first kappa shape index (κ1) is 19.6. The van der Waals surface area contributed by atoms with Crippen molar-refractivity contribution in [1.82, 2.24) is 9.21 Å². The van der Waals surface area contributed by atoms with E-state index >= 15 is 0 Å². The van der Waals surface area contributed by atoms with Gasteiger partial charge in [-0.3, -0.25) is 4.79 Å². The van der Waals surface area contributed by atoms with Gasteiger partial charge in [0.1, 0.15) is 4.21 Å². The molecule has 2 atom stereocenters. The van der Waals surface area contributed by atoms with Gasteiger partial charge in [-0.1, -0.05) is 24.3 Å². The van der Waals surface area contributed by atoms with Crippen LogP contribution in [0.2, 0.25) is 0 Å². The predicted octanol–water partition coefficient (Wildman–Crippen LogP) is 3.60. The van der Waals surface area contributed by atoms with Crippen LogP contribution in [0.3, 0.4) is 0 Å². The molecular weight excluding hydrogens is 392 g/mol. The molecule has 2 unspecified atom stereocenters. The maximum absolute atomic E-state index is 13.2. The number of carbonyl (C=O) groups is 1. The van der Waals surface area contributed by atoms with Crippen molar-refractivity contribution >= 4 is 27.3 Å². The Kier molecular flexibility index (Phi) is 5.33. The van der Waals surface area contributed by atoms with Gasteiger partial charge < -0.3 is 4.90 Å². The number of thiophene rings is 1. The second-order valence-corrected chi connectivity index (χ2v) is 11.2. The number of sulfonamides is 1. The maximum Gasteiger partial charge on any atom is 0.252 e. The standard InChI is InChI=1S/C21H26N2O3S2/c1-15-9-12-20(27-15)28(25,26)23-13-5-7-17(14-23)21(24)22(2)19-11-10-16-6-3-4-8-18(16)19/h3-4,6,8-9,12,17,19H,5,7,10-11,13-14H2,1-2H3. The summed E-state index contributed by atoms with van der Waals surface area (Å²) in [6.45, 7) is 2.66. The van der Waals surface area contributed by atoms with Gasteiger partial charge in [0, 0.05) is 25.0 Å². The topological polar surface area (TPSA) is 57.7 Å². The summed E-state index contributed by atoms with van der Waals surface area (Å²) in [5.41, 5.74) is 2.54. The van der Waals surface area contributed by atoms with Crippen molar-refractivity contribution in [3.8, 4) is 0 Å². The van der Waals surface area contributed by atoms with Gasteiger partial charge in [0.2, 0.25) is 5.91 Å². The largest absolute Gasteiger partial charge is 0.338 e. The molecule has 1 aromatic carbocycles. The highest BCUT2D eigenvalue weighted by molar-refractivity contribution is 7.91. The van der Waals surface area contributed by atoms with E-state index < -0.39 is 10.0 Å². The maximum atomic E-state index is 13.2. The molecule has 1 aliphatic heterocycles. The Hall–Kier alpha value is -1.70. The number of piperidine rings is 1. The minimum atomic E-state index is -3.52. The van der Waals surface area contributed by atoms with E-state index in [-0.39, 0.29) is 24.4 Å². The van der Waals surface area contributed by atoms with Gasteiger partial charge in [0.25, 0.3) is 10.0 Å². The number of carbonyl (C=O) groups excluding carboxylic acids is 1. The lowest BCUT2D eigenvalue weighted by Crippen LogP contribution is -2.46. The van der Waals surface area contributed by atoms with Crippen LogP contribution < -0.4 is 0 Å². The van der Waals surface area contributed by atoms with Crippen molar-refractivity contribution < 1.29 is 13.2 Å². The Morgan fingerprint density at radius 3 is 2.71 bits per heavy atom. The molecule has 28 heavy (non-hydrogen) atoms. The van der Waals surface area contributed by atoms with Crippen LogP contribution in [0.1, 0.15) is 41.3 Å². The Labute approximate surface area is 171 Å². The highest BCUT2D eigenvalue weighted by Crippen LogP contribution is 2.36. The smallest absolute Gasteiger partial charge is 0.252 e. The lowest BCUT2D eigenvalue weighted by atomic mass is 9.97. The number of hydrogen-bond acceptors (Lipinski definition) is 4. The predicted molar refractivity (Wildman–Crippen MR) is 111 cm³/mol. The second-order valence-electron chi connectivity index (χ2n) is 7.77. The van der Waals surface area contributed by atoms with Crippen molar-refractivity contribution in [3.05, 3.63) is 52.4 Å². The molecule has 2 aliphatic rings. The summed E-state index contributed by atoms with van der Waals surface area (Å²) < 4.78 is 27.8. The zero-order chi connectivity index (χ0) is 19.9. The van der Waals surface area contributed by atoms with E-state index in [1.165, 1.54) is 26.8 Å². The molecule has 4 rings (SSSR count). The van der Waals surface area contributed by atoms with Crippen LogP contribution in [0.25, 0.3) is 0 Å². The van der Waals surface area contributed by atoms with Gasteiger partial charge in [-0.15, -0.1) is 11.3 Å². The molecular formula is C21H26N2O3S2. The molecule has 2 heterocycles. The van der Waals surface area contributed by atoms with E-state index in [1.807, 2.05) is 37.1 Å². The summed E-state index contributed by atoms with van der Waals surface area (Å²) in [6.07, 6.45) is 3.38. The Bertz CT molecular complexity index is 983. The summed E-state index contributed by atoms with van der Waals surface area (Å²) >= 11 is 1.29. The van der Waals surface area contributed by atoms with Gasteiger partial charge in [-0.25, -0.2) is 8.42 Å². The molecule has 0 spiro atoms. The molecule has 1 amide bonds. The van der Waals surface area contributed by atoms with Gasteiger partial charge in [-0.05, 0) is 55.9 Å². The van der Waals surface area contributed by atoms with Crippen molar-refractivity contribution in [2.75, 3.05) is 20.1 Å². The molecule has 2 aromatic rings. The fourth-order valence-corrected chi connectivity index (χ4v) is 7.38. The summed E-state index contributed by atoms with van der Waals surface area (Å²) in [7, 11) is -1.65. The molecule has 5 nitrogen and oxygen atoms in total. The fraction of sp³-hybridized carbons (Fsp3) is 0.476. The molecule has 0 bridgehead atoms. The molecule has 0 radical (unpaired) electrons. The summed E-state index contributed by atoms with van der Waals surface area (Å²) in [6, 6.07) is 11.9. The monoisotopic (exact) mass is 418 g/mol.